The topological polar surface area (TPSA) is 57.5 Å². The van der Waals surface area contributed by atoms with Crippen LogP contribution in [0.4, 0.5) is 16.2 Å². The Morgan fingerprint density at radius 1 is 1.40 bits per heavy atom. The maximum Gasteiger partial charge on any atom is 0.321 e. The number of furan rings is 1. The minimum atomic E-state index is -0.0379. The van der Waals surface area contributed by atoms with Crippen LogP contribution in [-0.4, -0.2) is 19.1 Å². The fourth-order valence-electron chi connectivity index (χ4n) is 2.27. The Bertz CT molecular complexity index is 621. The summed E-state index contributed by atoms with van der Waals surface area (Å²) in [4.78, 5) is 13.4. The number of rotatable bonds is 4. The molecule has 0 saturated carbocycles. The first-order valence-corrected chi connectivity index (χ1v) is 6.66. The lowest BCUT2D eigenvalue weighted by atomic mass is 10.2. The van der Waals surface area contributed by atoms with Crippen molar-refractivity contribution >= 4 is 17.4 Å². The Labute approximate surface area is 117 Å². The molecule has 2 amide bonds. The van der Waals surface area contributed by atoms with Crippen LogP contribution in [0.2, 0.25) is 0 Å². The predicted octanol–water partition coefficient (Wildman–Crippen LogP) is 2.73. The molecule has 1 aliphatic rings. The van der Waals surface area contributed by atoms with Crippen LogP contribution in [0.15, 0.2) is 41.0 Å². The smallest absolute Gasteiger partial charge is 0.321 e. The van der Waals surface area contributed by atoms with Crippen molar-refractivity contribution in [1.29, 1.82) is 0 Å². The van der Waals surface area contributed by atoms with Crippen molar-refractivity contribution in [1.82, 2.24) is 5.32 Å². The van der Waals surface area contributed by atoms with Crippen molar-refractivity contribution < 1.29 is 9.21 Å². The van der Waals surface area contributed by atoms with E-state index in [2.05, 4.69) is 10.6 Å². The highest BCUT2D eigenvalue weighted by atomic mass is 16.3. The van der Waals surface area contributed by atoms with Crippen LogP contribution >= 0.6 is 0 Å². The minimum absolute atomic E-state index is 0.0379. The maximum absolute atomic E-state index is 11.7. The summed E-state index contributed by atoms with van der Waals surface area (Å²) in [7, 11) is 0. The van der Waals surface area contributed by atoms with E-state index < -0.39 is 0 Å². The normalized spacial score (nSPS) is 14.4. The molecule has 2 N–H and O–H groups in total. The molecule has 0 atom stereocenters. The van der Waals surface area contributed by atoms with Gasteiger partial charge in [0, 0.05) is 24.5 Å². The molecule has 5 nitrogen and oxygen atoms in total. The van der Waals surface area contributed by atoms with Crippen molar-refractivity contribution in [3.8, 4) is 0 Å². The van der Waals surface area contributed by atoms with Crippen LogP contribution in [0, 0.1) is 6.92 Å². The van der Waals surface area contributed by atoms with E-state index in [0.29, 0.717) is 19.6 Å². The molecule has 3 rings (SSSR count). The third-order valence-corrected chi connectivity index (χ3v) is 3.44. The van der Waals surface area contributed by atoms with E-state index in [1.807, 2.05) is 37.3 Å². The number of urea groups is 1. The third-order valence-electron chi connectivity index (χ3n) is 3.44. The van der Waals surface area contributed by atoms with Crippen molar-refractivity contribution in [2.75, 3.05) is 23.3 Å². The Balaban J connectivity index is 1.71. The van der Waals surface area contributed by atoms with E-state index in [4.69, 9.17) is 4.42 Å². The fraction of sp³-hybridized carbons (Fsp3) is 0.267. The lowest BCUT2D eigenvalue weighted by Crippen LogP contribution is -2.27. The summed E-state index contributed by atoms with van der Waals surface area (Å²) in [6, 6.07) is 9.75. The Morgan fingerprint density at radius 3 is 3.00 bits per heavy atom. The first-order chi connectivity index (χ1) is 9.74. The molecule has 5 heteroatoms. The number of anilines is 2. The highest BCUT2D eigenvalue weighted by molar-refractivity contribution is 5.94. The molecular formula is C15H17N3O2. The molecule has 0 aliphatic carbocycles. The van der Waals surface area contributed by atoms with Gasteiger partial charge in [0.15, 0.2) is 0 Å². The number of amides is 2. The molecular weight excluding hydrogens is 254 g/mol. The summed E-state index contributed by atoms with van der Waals surface area (Å²) in [5.41, 5.74) is 3.01. The van der Waals surface area contributed by atoms with Crippen LogP contribution in [0.1, 0.15) is 11.3 Å². The second-order valence-corrected chi connectivity index (χ2v) is 4.81. The van der Waals surface area contributed by atoms with E-state index in [-0.39, 0.29) is 6.03 Å². The van der Waals surface area contributed by atoms with Crippen molar-refractivity contribution in [3.05, 3.63) is 47.9 Å². The molecule has 1 aromatic heterocycles. The number of hydrogen-bond acceptors (Lipinski definition) is 3. The number of nitrogens with one attached hydrogen (secondary N) is 2. The van der Waals surface area contributed by atoms with E-state index in [0.717, 1.165) is 22.7 Å². The van der Waals surface area contributed by atoms with Gasteiger partial charge in [-0.25, -0.2) is 4.79 Å². The van der Waals surface area contributed by atoms with Gasteiger partial charge in [-0.3, -0.25) is 4.90 Å². The summed E-state index contributed by atoms with van der Waals surface area (Å²) in [6.07, 6.45) is 1.69. The fourth-order valence-corrected chi connectivity index (χ4v) is 2.27. The number of carbonyl (C=O) groups is 1. The molecule has 1 fully saturated rings. The molecule has 2 aromatic rings. The quantitative estimate of drug-likeness (QED) is 0.899. The first kappa shape index (κ1) is 12.6. The average Bonchev–Trinajstić information content (AvgIpc) is 3.05. The predicted molar refractivity (Wildman–Crippen MR) is 78.0 cm³/mol. The van der Waals surface area contributed by atoms with Gasteiger partial charge in [0.05, 0.1) is 12.8 Å². The van der Waals surface area contributed by atoms with Gasteiger partial charge in [-0.1, -0.05) is 6.07 Å². The van der Waals surface area contributed by atoms with Crippen LogP contribution in [0.5, 0.6) is 0 Å². The molecule has 2 heterocycles. The molecule has 0 unspecified atom stereocenters. The third kappa shape index (κ3) is 2.47. The van der Waals surface area contributed by atoms with Crippen LogP contribution in [-0.2, 0) is 6.54 Å². The monoisotopic (exact) mass is 271 g/mol. The van der Waals surface area contributed by atoms with Gasteiger partial charge in [-0.05, 0) is 36.8 Å². The van der Waals surface area contributed by atoms with E-state index in [1.165, 1.54) is 0 Å². The summed E-state index contributed by atoms with van der Waals surface area (Å²) < 4.78 is 5.40. The van der Waals surface area contributed by atoms with Crippen LogP contribution in [0.25, 0.3) is 0 Å². The van der Waals surface area contributed by atoms with E-state index in [9.17, 15) is 4.79 Å². The van der Waals surface area contributed by atoms with Crippen LogP contribution < -0.4 is 15.5 Å². The molecule has 0 spiro atoms. The van der Waals surface area contributed by atoms with Gasteiger partial charge in [0.2, 0.25) is 0 Å². The zero-order valence-corrected chi connectivity index (χ0v) is 11.3. The van der Waals surface area contributed by atoms with Crippen LogP contribution in [0.3, 0.4) is 0 Å². The van der Waals surface area contributed by atoms with Gasteiger partial charge < -0.3 is 15.1 Å². The summed E-state index contributed by atoms with van der Waals surface area (Å²) >= 11 is 0. The maximum atomic E-state index is 11.7. The zero-order chi connectivity index (χ0) is 13.9. The van der Waals surface area contributed by atoms with Crippen molar-refractivity contribution in [2.45, 2.75) is 13.5 Å². The number of aryl methyl sites for hydroxylation is 1. The summed E-state index contributed by atoms with van der Waals surface area (Å²) in [6.45, 7) is 4.06. The van der Waals surface area contributed by atoms with Gasteiger partial charge in [-0.15, -0.1) is 0 Å². The molecule has 0 bridgehead atoms. The van der Waals surface area contributed by atoms with E-state index >= 15 is 0 Å². The largest absolute Gasteiger partial charge is 0.467 e. The Hall–Kier alpha value is -2.43. The van der Waals surface area contributed by atoms with Gasteiger partial charge in [0.25, 0.3) is 0 Å². The average molecular weight is 271 g/mol. The lowest BCUT2D eigenvalue weighted by molar-refractivity contribution is 0.252. The molecule has 1 aliphatic heterocycles. The first-order valence-electron chi connectivity index (χ1n) is 6.66. The van der Waals surface area contributed by atoms with E-state index in [1.54, 1.807) is 11.2 Å². The Kier molecular flexibility index (Phi) is 3.33. The molecule has 1 saturated heterocycles. The second kappa shape index (κ2) is 5.28. The highest BCUT2D eigenvalue weighted by Gasteiger charge is 2.20. The van der Waals surface area contributed by atoms with Gasteiger partial charge in [-0.2, -0.15) is 0 Å². The van der Waals surface area contributed by atoms with Crippen molar-refractivity contribution in [2.24, 2.45) is 0 Å². The van der Waals surface area contributed by atoms with Gasteiger partial charge >= 0.3 is 6.03 Å². The lowest BCUT2D eigenvalue weighted by Gasteiger charge is -2.15. The molecule has 1 aromatic carbocycles. The molecule has 0 radical (unpaired) electrons. The summed E-state index contributed by atoms with van der Waals surface area (Å²) in [5, 5.41) is 6.12. The van der Waals surface area contributed by atoms with Crippen molar-refractivity contribution in [3.63, 3.8) is 0 Å². The molecule has 104 valence electrons. The van der Waals surface area contributed by atoms with Gasteiger partial charge in [0.1, 0.15) is 5.76 Å². The second-order valence-electron chi connectivity index (χ2n) is 4.81. The highest BCUT2D eigenvalue weighted by Crippen LogP contribution is 2.21. The minimum Gasteiger partial charge on any atom is -0.467 e. The zero-order valence-electron chi connectivity index (χ0n) is 11.3. The standard InChI is InChI=1S/C15H17N3O2/c1-11-5-8-20-14(11)10-17-12-3-2-4-13(9-12)18-7-6-16-15(18)19/h2-5,8-9,17H,6-7,10H2,1H3,(H,16,19). The summed E-state index contributed by atoms with van der Waals surface area (Å²) in [5.74, 6) is 0.925. The molecule has 20 heavy (non-hydrogen) atoms. The number of nitrogens with zero attached hydrogens (tertiary/aromatic N) is 1. The number of carbonyl (C=O) groups excluding carboxylic acids is 1. The Morgan fingerprint density at radius 2 is 2.30 bits per heavy atom. The SMILES string of the molecule is Cc1ccoc1CNc1cccc(N2CCNC2=O)c1. The number of benzene rings is 1. The number of hydrogen-bond donors (Lipinski definition) is 2.